The molecule has 4 nitrogen and oxygen atoms in total. The molecular formula is C16H23ClN2O2. The summed E-state index contributed by atoms with van der Waals surface area (Å²) >= 11 is 6.10. The van der Waals surface area contributed by atoms with Crippen LogP contribution in [0.5, 0.6) is 5.75 Å². The van der Waals surface area contributed by atoms with Crippen LogP contribution in [0.15, 0.2) is 24.3 Å². The maximum atomic E-state index is 12.6. The molecule has 116 valence electrons. The van der Waals surface area contributed by atoms with Crippen LogP contribution in [0.2, 0.25) is 5.02 Å². The molecule has 1 aromatic rings. The van der Waals surface area contributed by atoms with Gasteiger partial charge in [-0.1, -0.05) is 30.7 Å². The lowest BCUT2D eigenvalue weighted by Crippen LogP contribution is -2.41. The van der Waals surface area contributed by atoms with Gasteiger partial charge in [0.25, 0.3) is 5.91 Å². The zero-order valence-corrected chi connectivity index (χ0v) is 13.4. The Morgan fingerprint density at radius 1 is 1.52 bits per heavy atom. The molecule has 1 aliphatic heterocycles. The van der Waals surface area contributed by atoms with Gasteiger partial charge in [-0.2, -0.15) is 0 Å². The molecule has 1 amide bonds. The molecule has 1 aromatic carbocycles. The summed E-state index contributed by atoms with van der Waals surface area (Å²) in [7, 11) is 1.94. The van der Waals surface area contributed by atoms with E-state index in [2.05, 4.69) is 5.32 Å². The number of likely N-dealkylation sites (tertiary alicyclic amines) is 1. The molecule has 1 N–H and O–H groups in total. The monoisotopic (exact) mass is 310 g/mol. The Labute approximate surface area is 131 Å². The van der Waals surface area contributed by atoms with Gasteiger partial charge >= 0.3 is 0 Å². The van der Waals surface area contributed by atoms with Crippen molar-refractivity contribution in [2.45, 2.75) is 25.9 Å². The van der Waals surface area contributed by atoms with E-state index in [4.69, 9.17) is 16.3 Å². The molecule has 2 rings (SSSR count). The summed E-state index contributed by atoms with van der Waals surface area (Å²) in [5, 5.41) is 3.71. The minimum atomic E-state index is -0.460. The summed E-state index contributed by atoms with van der Waals surface area (Å²) in [6.45, 7) is 4.53. The molecule has 1 saturated heterocycles. The molecule has 1 heterocycles. The fourth-order valence-electron chi connectivity index (χ4n) is 2.69. The number of amides is 1. The van der Waals surface area contributed by atoms with Gasteiger partial charge in [-0.05, 0) is 44.5 Å². The Hall–Kier alpha value is -1.26. The third-order valence-corrected chi connectivity index (χ3v) is 4.15. The van der Waals surface area contributed by atoms with Gasteiger partial charge in [0.05, 0.1) is 5.02 Å². The smallest absolute Gasteiger partial charge is 0.263 e. The summed E-state index contributed by atoms with van der Waals surface area (Å²) in [6, 6.07) is 7.27. The second-order valence-electron chi connectivity index (χ2n) is 5.44. The highest BCUT2D eigenvalue weighted by atomic mass is 35.5. The second kappa shape index (κ2) is 7.66. The molecule has 1 aliphatic rings. The van der Waals surface area contributed by atoms with Crippen LogP contribution in [0.3, 0.4) is 0 Å². The van der Waals surface area contributed by atoms with Crippen molar-refractivity contribution < 1.29 is 9.53 Å². The van der Waals surface area contributed by atoms with Crippen molar-refractivity contribution in [1.29, 1.82) is 0 Å². The minimum Gasteiger partial charge on any atom is -0.479 e. The number of carbonyl (C=O) groups is 1. The molecule has 0 aliphatic carbocycles. The van der Waals surface area contributed by atoms with Crippen LogP contribution >= 0.6 is 11.6 Å². The maximum Gasteiger partial charge on any atom is 0.263 e. The van der Waals surface area contributed by atoms with E-state index in [1.54, 1.807) is 12.1 Å². The number of rotatable bonds is 6. The van der Waals surface area contributed by atoms with Gasteiger partial charge in [0, 0.05) is 13.1 Å². The van der Waals surface area contributed by atoms with Crippen LogP contribution in [-0.4, -0.2) is 43.6 Å². The van der Waals surface area contributed by atoms with Gasteiger partial charge in [-0.25, -0.2) is 0 Å². The number of nitrogens with one attached hydrogen (secondary N) is 1. The highest BCUT2D eigenvalue weighted by Crippen LogP contribution is 2.26. The van der Waals surface area contributed by atoms with Gasteiger partial charge in [0.2, 0.25) is 0 Å². The van der Waals surface area contributed by atoms with Crippen LogP contribution in [0.4, 0.5) is 0 Å². The van der Waals surface area contributed by atoms with Crippen molar-refractivity contribution in [3.63, 3.8) is 0 Å². The van der Waals surface area contributed by atoms with Gasteiger partial charge in [0.1, 0.15) is 5.75 Å². The number of nitrogens with zero attached hydrogens (tertiary/aromatic N) is 1. The first-order chi connectivity index (χ1) is 10.2. The summed E-state index contributed by atoms with van der Waals surface area (Å²) in [5.74, 6) is 1.18. The van der Waals surface area contributed by atoms with Crippen molar-refractivity contribution in [3.8, 4) is 5.75 Å². The molecule has 0 saturated carbocycles. The number of carbonyl (C=O) groups excluding carboxylic acids is 1. The van der Waals surface area contributed by atoms with E-state index in [1.165, 1.54) is 0 Å². The first-order valence-electron chi connectivity index (χ1n) is 7.50. The van der Waals surface area contributed by atoms with Crippen LogP contribution < -0.4 is 10.1 Å². The third kappa shape index (κ3) is 4.11. The van der Waals surface area contributed by atoms with Gasteiger partial charge < -0.3 is 15.0 Å². The molecule has 0 aromatic heterocycles. The zero-order chi connectivity index (χ0) is 15.2. The fraction of sp³-hybridized carbons (Fsp3) is 0.562. The van der Waals surface area contributed by atoms with Crippen LogP contribution in [-0.2, 0) is 4.79 Å². The first kappa shape index (κ1) is 16.1. The Bertz CT molecular complexity index is 481. The Morgan fingerprint density at radius 2 is 2.29 bits per heavy atom. The lowest BCUT2D eigenvalue weighted by atomic mass is 10.1. The number of benzene rings is 1. The lowest BCUT2D eigenvalue weighted by molar-refractivity contribution is -0.137. The average molecular weight is 311 g/mol. The van der Waals surface area contributed by atoms with Gasteiger partial charge in [0.15, 0.2) is 6.10 Å². The molecule has 0 unspecified atom stereocenters. The van der Waals surface area contributed by atoms with E-state index in [9.17, 15) is 4.79 Å². The van der Waals surface area contributed by atoms with Crippen molar-refractivity contribution >= 4 is 17.5 Å². The average Bonchev–Trinajstić information content (AvgIpc) is 2.95. The van der Waals surface area contributed by atoms with Crippen LogP contribution in [0.1, 0.15) is 19.8 Å². The van der Waals surface area contributed by atoms with Crippen molar-refractivity contribution in [2.75, 3.05) is 26.7 Å². The van der Waals surface area contributed by atoms with E-state index in [0.29, 0.717) is 23.1 Å². The molecular weight excluding hydrogens is 288 g/mol. The predicted octanol–water partition coefficient (Wildman–Crippen LogP) is 2.57. The second-order valence-corrected chi connectivity index (χ2v) is 5.85. The Kier molecular flexibility index (Phi) is 5.88. The van der Waals surface area contributed by atoms with Gasteiger partial charge in [-0.15, -0.1) is 0 Å². The van der Waals surface area contributed by atoms with E-state index < -0.39 is 6.10 Å². The van der Waals surface area contributed by atoms with Gasteiger partial charge in [-0.3, -0.25) is 4.79 Å². The molecule has 0 radical (unpaired) electrons. The third-order valence-electron chi connectivity index (χ3n) is 3.84. The van der Waals surface area contributed by atoms with Crippen LogP contribution in [0, 0.1) is 5.92 Å². The summed E-state index contributed by atoms with van der Waals surface area (Å²) in [4.78, 5) is 14.5. The maximum absolute atomic E-state index is 12.6. The normalized spacial score (nSPS) is 19.6. The van der Waals surface area contributed by atoms with E-state index in [-0.39, 0.29) is 5.91 Å². The summed E-state index contributed by atoms with van der Waals surface area (Å²) in [6.07, 6.45) is 1.23. The number of ether oxygens (including phenoxy) is 1. The number of para-hydroxylation sites is 1. The molecule has 21 heavy (non-hydrogen) atoms. The molecule has 1 fully saturated rings. The predicted molar refractivity (Wildman–Crippen MR) is 84.8 cm³/mol. The fourth-order valence-corrected chi connectivity index (χ4v) is 2.87. The zero-order valence-electron chi connectivity index (χ0n) is 12.6. The lowest BCUT2D eigenvalue weighted by Gasteiger charge is -2.24. The number of hydrogen-bond acceptors (Lipinski definition) is 3. The highest BCUT2D eigenvalue weighted by Gasteiger charge is 2.31. The molecule has 0 spiro atoms. The van der Waals surface area contributed by atoms with E-state index >= 15 is 0 Å². The summed E-state index contributed by atoms with van der Waals surface area (Å²) in [5.41, 5.74) is 0. The topological polar surface area (TPSA) is 41.6 Å². The van der Waals surface area contributed by atoms with Crippen molar-refractivity contribution in [3.05, 3.63) is 29.3 Å². The minimum absolute atomic E-state index is 0.0658. The standard InChI is InChI=1S/C16H23ClN2O2/c1-3-14(21-15-7-5-4-6-13(15)17)16(20)19-9-8-12(11-19)10-18-2/h4-7,12,14,18H,3,8-11H2,1-2H3/t12-,14-/m1/s1. The van der Waals surface area contributed by atoms with Crippen LogP contribution in [0.25, 0.3) is 0 Å². The van der Waals surface area contributed by atoms with E-state index in [0.717, 1.165) is 26.1 Å². The first-order valence-corrected chi connectivity index (χ1v) is 7.88. The number of hydrogen-bond donors (Lipinski definition) is 1. The largest absolute Gasteiger partial charge is 0.479 e. The molecule has 5 heteroatoms. The van der Waals surface area contributed by atoms with Crippen molar-refractivity contribution in [1.82, 2.24) is 10.2 Å². The van der Waals surface area contributed by atoms with E-state index in [1.807, 2.05) is 31.0 Å². The van der Waals surface area contributed by atoms with Crippen molar-refractivity contribution in [2.24, 2.45) is 5.92 Å². The summed E-state index contributed by atoms with van der Waals surface area (Å²) < 4.78 is 5.83. The Morgan fingerprint density at radius 3 is 2.95 bits per heavy atom. The molecule has 2 atom stereocenters. The quantitative estimate of drug-likeness (QED) is 0.878. The Balaban J connectivity index is 1.98. The number of halogens is 1. The highest BCUT2D eigenvalue weighted by molar-refractivity contribution is 6.32. The molecule has 0 bridgehead atoms. The SMILES string of the molecule is CC[C@@H](Oc1ccccc1Cl)C(=O)N1CC[C@H](CNC)C1.